The smallest absolute Gasteiger partial charge is 0.166 e. The monoisotopic (exact) mass is 278 g/mol. The van der Waals surface area contributed by atoms with Crippen molar-refractivity contribution in [1.82, 2.24) is 0 Å². The maximum atomic E-state index is 5.88. The largest absolute Gasteiger partial charge is 0.352 e. The molecule has 0 aromatic carbocycles. The second kappa shape index (κ2) is 7.83. The standard InChI is InChI=1S/C18H30O2/c1-14(2)8-7-9-15(3)10-12-18(5,6)17-19-13-11-16(4)20-17/h8,12,16-17H,7,9,11,13H2,1-6H3/t10?,16-,17+/m1/s1. The van der Waals surface area contributed by atoms with Crippen molar-refractivity contribution >= 4 is 0 Å². The maximum absolute atomic E-state index is 5.88. The van der Waals surface area contributed by atoms with Gasteiger partial charge in [0.2, 0.25) is 0 Å². The Labute approximate surface area is 124 Å². The molecule has 1 heterocycles. The zero-order valence-electron chi connectivity index (χ0n) is 14.0. The van der Waals surface area contributed by atoms with Gasteiger partial charge in [-0.05, 0) is 58.6 Å². The highest BCUT2D eigenvalue weighted by molar-refractivity contribution is 5.06. The van der Waals surface area contributed by atoms with E-state index < -0.39 is 0 Å². The molecule has 0 saturated carbocycles. The number of hydrogen-bond acceptors (Lipinski definition) is 2. The van der Waals surface area contributed by atoms with E-state index in [1.807, 2.05) is 0 Å². The van der Waals surface area contributed by atoms with Crippen LogP contribution in [0.4, 0.5) is 0 Å². The van der Waals surface area contributed by atoms with Gasteiger partial charge in [-0.25, -0.2) is 0 Å². The normalized spacial score (nSPS) is 22.9. The minimum atomic E-state index is -0.163. The molecule has 0 bridgehead atoms. The molecule has 0 amide bonds. The summed E-state index contributed by atoms with van der Waals surface area (Å²) in [5, 5.41) is 0. The van der Waals surface area contributed by atoms with Gasteiger partial charge in [-0.3, -0.25) is 0 Å². The fourth-order valence-electron chi connectivity index (χ4n) is 2.08. The molecule has 20 heavy (non-hydrogen) atoms. The van der Waals surface area contributed by atoms with Gasteiger partial charge in [0.05, 0.1) is 12.7 Å². The summed E-state index contributed by atoms with van der Waals surface area (Å²) in [6.45, 7) is 13.6. The van der Waals surface area contributed by atoms with Crippen LogP contribution >= 0.6 is 0 Å². The van der Waals surface area contributed by atoms with Gasteiger partial charge >= 0.3 is 0 Å². The zero-order valence-corrected chi connectivity index (χ0v) is 14.0. The molecule has 1 saturated heterocycles. The van der Waals surface area contributed by atoms with Crippen LogP contribution in [0.25, 0.3) is 0 Å². The van der Waals surface area contributed by atoms with E-state index in [-0.39, 0.29) is 17.8 Å². The Morgan fingerprint density at radius 2 is 2.00 bits per heavy atom. The summed E-state index contributed by atoms with van der Waals surface area (Å²) in [7, 11) is 0. The minimum absolute atomic E-state index is 0.146. The lowest BCUT2D eigenvalue weighted by Crippen LogP contribution is -2.40. The lowest BCUT2D eigenvalue weighted by molar-refractivity contribution is -0.242. The molecule has 1 aliphatic rings. The van der Waals surface area contributed by atoms with Gasteiger partial charge in [-0.2, -0.15) is 0 Å². The third-order valence-corrected chi connectivity index (χ3v) is 3.52. The maximum Gasteiger partial charge on any atom is 0.166 e. The minimum Gasteiger partial charge on any atom is -0.352 e. The lowest BCUT2D eigenvalue weighted by Gasteiger charge is -2.36. The number of rotatable bonds is 5. The SMILES string of the molecule is CC(=C=CC(C)(C)[C@H]1OCC[C@@H](C)O1)CCC=C(C)C. The summed E-state index contributed by atoms with van der Waals surface area (Å²) in [5.74, 6) is 0. The first-order chi connectivity index (χ1) is 9.31. The third-order valence-electron chi connectivity index (χ3n) is 3.52. The van der Waals surface area contributed by atoms with Crippen LogP contribution in [0.15, 0.2) is 29.0 Å². The van der Waals surface area contributed by atoms with Crippen molar-refractivity contribution in [3.05, 3.63) is 29.0 Å². The summed E-state index contributed by atoms with van der Waals surface area (Å²) in [5.41, 5.74) is 5.92. The molecule has 1 aliphatic heterocycles. The highest BCUT2D eigenvalue weighted by atomic mass is 16.7. The van der Waals surface area contributed by atoms with E-state index in [1.54, 1.807) is 0 Å². The average molecular weight is 278 g/mol. The highest BCUT2D eigenvalue weighted by Crippen LogP contribution is 2.30. The van der Waals surface area contributed by atoms with Crippen LogP contribution in [0.2, 0.25) is 0 Å². The Morgan fingerprint density at radius 3 is 2.60 bits per heavy atom. The first kappa shape index (κ1) is 17.2. The van der Waals surface area contributed by atoms with Crippen LogP contribution in [-0.2, 0) is 9.47 Å². The number of hydrogen-bond donors (Lipinski definition) is 0. The molecule has 0 unspecified atom stereocenters. The van der Waals surface area contributed by atoms with Gasteiger partial charge in [0, 0.05) is 5.41 Å². The van der Waals surface area contributed by atoms with Crippen molar-refractivity contribution in [2.24, 2.45) is 5.41 Å². The lowest BCUT2D eigenvalue weighted by atomic mass is 9.91. The Hall–Kier alpha value is -0.820. The van der Waals surface area contributed by atoms with Crippen LogP contribution < -0.4 is 0 Å². The van der Waals surface area contributed by atoms with Gasteiger partial charge in [0.15, 0.2) is 6.29 Å². The van der Waals surface area contributed by atoms with E-state index in [1.165, 1.54) is 11.1 Å². The van der Waals surface area contributed by atoms with E-state index in [9.17, 15) is 0 Å². The third kappa shape index (κ3) is 6.09. The van der Waals surface area contributed by atoms with Crippen LogP contribution in [-0.4, -0.2) is 19.0 Å². The Morgan fingerprint density at radius 1 is 1.30 bits per heavy atom. The molecule has 0 spiro atoms. The summed E-state index contributed by atoms with van der Waals surface area (Å²) < 4.78 is 11.6. The number of ether oxygens (including phenoxy) is 2. The van der Waals surface area contributed by atoms with Crippen molar-refractivity contribution in [3.8, 4) is 0 Å². The summed E-state index contributed by atoms with van der Waals surface area (Å²) in [6, 6.07) is 0. The summed E-state index contributed by atoms with van der Waals surface area (Å²) in [6.07, 6.45) is 7.62. The molecule has 1 rings (SSSR count). The number of allylic oxidation sites excluding steroid dienone is 2. The van der Waals surface area contributed by atoms with E-state index in [4.69, 9.17) is 9.47 Å². The Bertz CT molecular complexity index is 394. The molecule has 2 atom stereocenters. The van der Waals surface area contributed by atoms with Crippen molar-refractivity contribution in [2.75, 3.05) is 6.61 Å². The molecule has 0 aromatic rings. The molecule has 0 radical (unpaired) electrons. The Balaban J connectivity index is 2.62. The van der Waals surface area contributed by atoms with E-state index >= 15 is 0 Å². The summed E-state index contributed by atoms with van der Waals surface area (Å²) in [4.78, 5) is 0. The predicted octanol–water partition coefficient (Wildman–Crippen LogP) is 5.01. The van der Waals surface area contributed by atoms with Gasteiger partial charge in [0.25, 0.3) is 0 Å². The van der Waals surface area contributed by atoms with Gasteiger partial charge in [-0.1, -0.05) is 25.5 Å². The molecule has 0 aliphatic carbocycles. The molecule has 2 nitrogen and oxygen atoms in total. The Kier molecular flexibility index (Phi) is 6.75. The van der Waals surface area contributed by atoms with Crippen LogP contribution in [0.3, 0.4) is 0 Å². The zero-order chi connectivity index (χ0) is 15.2. The molecule has 0 N–H and O–H groups in total. The van der Waals surface area contributed by atoms with Crippen molar-refractivity contribution in [3.63, 3.8) is 0 Å². The fourth-order valence-corrected chi connectivity index (χ4v) is 2.08. The molecule has 114 valence electrons. The van der Waals surface area contributed by atoms with Crippen molar-refractivity contribution < 1.29 is 9.47 Å². The van der Waals surface area contributed by atoms with Crippen LogP contribution in [0.5, 0.6) is 0 Å². The first-order valence-electron chi connectivity index (χ1n) is 7.65. The van der Waals surface area contributed by atoms with Crippen LogP contribution in [0.1, 0.15) is 60.8 Å². The first-order valence-corrected chi connectivity index (χ1v) is 7.65. The van der Waals surface area contributed by atoms with Crippen LogP contribution in [0, 0.1) is 5.41 Å². The average Bonchev–Trinajstić information content (AvgIpc) is 2.36. The van der Waals surface area contributed by atoms with E-state index in [2.05, 4.69) is 59.4 Å². The topological polar surface area (TPSA) is 18.5 Å². The van der Waals surface area contributed by atoms with Gasteiger partial charge < -0.3 is 9.47 Å². The second-order valence-corrected chi connectivity index (χ2v) is 6.65. The van der Waals surface area contributed by atoms with E-state index in [0.29, 0.717) is 0 Å². The molecule has 0 aromatic heterocycles. The molecular formula is C18H30O2. The van der Waals surface area contributed by atoms with E-state index in [0.717, 1.165) is 25.9 Å². The van der Waals surface area contributed by atoms with Crippen molar-refractivity contribution in [2.45, 2.75) is 73.2 Å². The second-order valence-electron chi connectivity index (χ2n) is 6.65. The molecular weight excluding hydrogens is 248 g/mol. The molecule has 1 fully saturated rings. The van der Waals surface area contributed by atoms with Crippen molar-refractivity contribution in [1.29, 1.82) is 0 Å². The van der Waals surface area contributed by atoms with Gasteiger partial charge in [0.1, 0.15) is 0 Å². The fraction of sp³-hybridized carbons (Fsp3) is 0.722. The molecule has 2 heteroatoms. The highest BCUT2D eigenvalue weighted by Gasteiger charge is 2.33. The quantitative estimate of drug-likeness (QED) is 0.520. The predicted molar refractivity (Wildman–Crippen MR) is 84.6 cm³/mol. The summed E-state index contributed by atoms with van der Waals surface area (Å²) >= 11 is 0. The van der Waals surface area contributed by atoms with Gasteiger partial charge in [-0.15, -0.1) is 5.73 Å².